The molecule has 1 aliphatic carbocycles. The molecular formula is C23H17F4N3O3S2. The summed E-state index contributed by atoms with van der Waals surface area (Å²) in [6.07, 6.45) is -3.76. The van der Waals surface area contributed by atoms with E-state index in [1.807, 2.05) is 0 Å². The molecular weight excluding hydrogens is 506 g/mol. The van der Waals surface area contributed by atoms with Gasteiger partial charge in [-0.2, -0.15) is 18.4 Å². The van der Waals surface area contributed by atoms with E-state index in [-0.39, 0.29) is 17.8 Å². The molecule has 2 aromatic carbocycles. The first kappa shape index (κ1) is 23.8. The van der Waals surface area contributed by atoms with Crippen molar-refractivity contribution < 1.29 is 32.2 Å². The highest BCUT2D eigenvalue weighted by molar-refractivity contribution is 7.99. The molecule has 1 amide bonds. The number of halogens is 4. The molecule has 0 unspecified atom stereocenters. The summed E-state index contributed by atoms with van der Waals surface area (Å²) < 4.78 is 61.4. The van der Waals surface area contributed by atoms with Crippen molar-refractivity contribution in [2.75, 3.05) is 22.2 Å². The van der Waals surface area contributed by atoms with Crippen molar-refractivity contribution in [1.29, 1.82) is 5.26 Å². The summed E-state index contributed by atoms with van der Waals surface area (Å²) in [7, 11) is 0. The van der Waals surface area contributed by atoms with Gasteiger partial charge < -0.3 is 14.7 Å². The minimum Gasteiger partial charge on any atom is -0.486 e. The summed E-state index contributed by atoms with van der Waals surface area (Å²) in [6, 6.07) is 7.44. The number of carbonyl (C=O) groups excluding carboxylic acids is 1. The molecule has 0 aromatic heterocycles. The van der Waals surface area contributed by atoms with Crippen molar-refractivity contribution in [1.82, 2.24) is 0 Å². The predicted octanol–water partition coefficient (Wildman–Crippen LogP) is 4.62. The van der Waals surface area contributed by atoms with Gasteiger partial charge in [0.25, 0.3) is 5.91 Å². The lowest BCUT2D eigenvalue weighted by molar-refractivity contribution is -0.137. The number of thioether (sulfide) groups is 1. The average Bonchev–Trinajstić information content (AvgIpc) is 3.04. The number of amides is 1. The maximum Gasteiger partial charge on any atom is 0.417 e. The number of hydrogen-bond acceptors (Lipinski definition) is 6. The first-order valence-corrected chi connectivity index (χ1v) is 12.0. The number of nitriles is 1. The highest BCUT2D eigenvalue weighted by Gasteiger charge is 2.60. The molecule has 3 aliphatic rings. The Bertz CT molecular complexity index is 1290. The SMILES string of the molecule is N#Cc1cc(F)c(N2C(=O)C3(CCC3)N(c3ccc4c(c3)SC[C@@H](CO)O4)C2=S)cc1C(F)(F)F. The van der Waals surface area contributed by atoms with Gasteiger partial charge in [0.1, 0.15) is 23.2 Å². The third-order valence-corrected chi connectivity index (χ3v) is 7.99. The Kier molecular flexibility index (Phi) is 5.69. The topological polar surface area (TPSA) is 76.8 Å². The Balaban J connectivity index is 1.59. The van der Waals surface area contributed by atoms with Crippen molar-refractivity contribution in [3.8, 4) is 11.8 Å². The van der Waals surface area contributed by atoms with E-state index < -0.39 is 40.3 Å². The zero-order valence-electron chi connectivity index (χ0n) is 17.9. The second-order valence-electron chi connectivity index (χ2n) is 8.47. The van der Waals surface area contributed by atoms with Crippen molar-refractivity contribution in [2.45, 2.75) is 42.0 Å². The molecule has 1 atom stereocenters. The van der Waals surface area contributed by atoms with Gasteiger partial charge in [0.15, 0.2) is 5.11 Å². The van der Waals surface area contributed by atoms with Crippen LogP contribution in [-0.4, -0.2) is 40.1 Å². The molecule has 5 rings (SSSR count). The van der Waals surface area contributed by atoms with E-state index in [0.717, 1.165) is 9.80 Å². The number of ether oxygens (including phenoxy) is 1. The van der Waals surface area contributed by atoms with Crippen molar-refractivity contribution >= 4 is 46.4 Å². The van der Waals surface area contributed by atoms with Crippen LogP contribution in [-0.2, 0) is 11.0 Å². The number of hydrogen-bond donors (Lipinski definition) is 1. The van der Waals surface area contributed by atoms with Gasteiger partial charge in [-0.15, -0.1) is 11.8 Å². The standard InChI is InChI=1S/C23H17F4N3O3S2/c24-16-6-12(9-28)15(23(25,26)27)8-17(16)29-20(32)22(4-1-5-22)30(21(29)34)13-2-3-18-19(7-13)35-11-14(10-31)33-18/h2-3,6-8,14,31H,1,4-5,10-11H2/t14-/m1/s1. The van der Waals surface area contributed by atoms with E-state index in [4.69, 9.17) is 22.2 Å². The predicted molar refractivity (Wildman–Crippen MR) is 124 cm³/mol. The minimum atomic E-state index is -4.92. The molecule has 0 bridgehead atoms. The Morgan fingerprint density at radius 2 is 2.03 bits per heavy atom. The molecule has 0 radical (unpaired) electrons. The fraction of sp³-hybridized carbons (Fsp3) is 0.348. The highest BCUT2D eigenvalue weighted by Crippen LogP contribution is 2.50. The molecule has 1 spiro atoms. The van der Waals surface area contributed by atoms with E-state index >= 15 is 0 Å². The van der Waals surface area contributed by atoms with E-state index in [2.05, 4.69) is 0 Å². The van der Waals surface area contributed by atoms with Gasteiger partial charge >= 0.3 is 6.18 Å². The van der Waals surface area contributed by atoms with Crippen LogP contribution in [0.1, 0.15) is 30.4 Å². The first-order valence-electron chi connectivity index (χ1n) is 10.6. The third-order valence-electron chi connectivity index (χ3n) is 6.45. The number of aliphatic hydroxyl groups excluding tert-OH is 1. The van der Waals surface area contributed by atoms with Gasteiger partial charge in [-0.1, -0.05) is 0 Å². The molecule has 2 aliphatic heterocycles. The number of nitrogens with zero attached hydrogens (tertiary/aromatic N) is 3. The summed E-state index contributed by atoms with van der Waals surface area (Å²) in [5.74, 6) is -0.670. The lowest BCUT2D eigenvalue weighted by Crippen LogP contribution is -2.55. The van der Waals surface area contributed by atoms with Gasteiger partial charge in [0.2, 0.25) is 0 Å². The Morgan fingerprint density at radius 1 is 1.29 bits per heavy atom. The zero-order valence-corrected chi connectivity index (χ0v) is 19.6. The smallest absolute Gasteiger partial charge is 0.417 e. The molecule has 6 nitrogen and oxygen atoms in total. The van der Waals surface area contributed by atoms with Gasteiger partial charge in [-0.3, -0.25) is 9.69 Å². The number of alkyl halides is 3. The lowest BCUT2D eigenvalue weighted by Gasteiger charge is -2.43. The normalized spacial score (nSPS) is 21.0. The van der Waals surface area contributed by atoms with Crippen LogP contribution in [0.3, 0.4) is 0 Å². The van der Waals surface area contributed by atoms with Crippen LogP contribution >= 0.6 is 24.0 Å². The van der Waals surface area contributed by atoms with Crippen LogP contribution in [0.25, 0.3) is 0 Å². The molecule has 1 N–H and O–H groups in total. The maximum absolute atomic E-state index is 15.0. The van der Waals surface area contributed by atoms with Gasteiger partial charge in [0.05, 0.1) is 34.4 Å². The molecule has 1 saturated heterocycles. The van der Waals surface area contributed by atoms with E-state index in [9.17, 15) is 27.5 Å². The van der Waals surface area contributed by atoms with Crippen LogP contribution in [0.15, 0.2) is 35.2 Å². The number of aliphatic hydroxyl groups is 1. The highest BCUT2D eigenvalue weighted by atomic mass is 32.2. The molecule has 2 heterocycles. The number of thiocarbonyl (C=S) groups is 1. The summed E-state index contributed by atoms with van der Waals surface area (Å²) in [6.45, 7) is -0.132. The van der Waals surface area contributed by atoms with E-state index in [0.29, 0.717) is 48.6 Å². The molecule has 12 heteroatoms. The van der Waals surface area contributed by atoms with Crippen LogP contribution in [0.4, 0.5) is 28.9 Å². The van der Waals surface area contributed by atoms with Gasteiger partial charge in [-0.25, -0.2) is 4.39 Å². The Labute approximate surface area is 207 Å². The fourth-order valence-corrected chi connectivity index (χ4v) is 6.05. The number of fused-ring (bicyclic) bond motifs is 1. The van der Waals surface area contributed by atoms with Gasteiger partial charge in [-0.05, 0) is 61.8 Å². The molecule has 2 aromatic rings. The summed E-state index contributed by atoms with van der Waals surface area (Å²) in [5, 5.41) is 18.3. The Hall–Kier alpha value is -2.88. The minimum absolute atomic E-state index is 0.132. The molecule has 182 valence electrons. The van der Waals surface area contributed by atoms with Crippen LogP contribution in [0.5, 0.6) is 5.75 Å². The summed E-state index contributed by atoms with van der Waals surface area (Å²) in [5.41, 5.74) is -3.44. The molecule has 35 heavy (non-hydrogen) atoms. The quantitative estimate of drug-likeness (QED) is 0.465. The summed E-state index contributed by atoms with van der Waals surface area (Å²) >= 11 is 7.01. The van der Waals surface area contributed by atoms with Crippen molar-refractivity contribution in [2.24, 2.45) is 0 Å². The number of carbonyl (C=O) groups is 1. The largest absolute Gasteiger partial charge is 0.486 e. The van der Waals surface area contributed by atoms with Crippen molar-refractivity contribution in [3.63, 3.8) is 0 Å². The second-order valence-corrected chi connectivity index (χ2v) is 9.89. The van der Waals surface area contributed by atoms with Crippen molar-refractivity contribution in [3.05, 3.63) is 47.3 Å². The third kappa shape index (κ3) is 3.64. The molecule has 2 fully saturated rings. The Morgan fingerprint density at radius 3 is 2.63 bits per heavy atom. The monoisotopic (exact) mass is 523 g/mol. The number of rotatable bonds is 3. The average molecular weight is 524 g/mol. The second kappa shape index (κ2) is 8.36. The van der Waals surface area contributed by atoms with Gasteiger partial charge in [0, 0.05) is 11.4 Å². The fourth-order valence-electron chi connectivity index (χ4n) is 4.59. The summed E-state index contributed by atoms with van der Waals surface area (Å²) in [4.78, 5) is 16.7. The van der Waals surface area contributed by atoms with Crippen LogP contribution in [0.2, 0.25) is 0 Å². The van der Waals surface area contributed by atoms with Crippen LogP contribution < -0.4 is 14.5 Å². The lowest BCUT2D eigenvalue weighted by atomic mass is 9.75. The zero-order chi connectivity index (χ0) is 25.1. The number of benzene rings is 2. The molecule has 1 saturated carbocycles. The van der Waals surface area contributed by atoms with Crippen LogP contribution in [0, 0.1) is 17.1 Å². The maximum atomic E-state index is 15.0. The van der Waals surface area contributed by atoms with E-state index in [1.54, 1.807) is 23.1 Å². The first-order chi connectivity index (χ1) is 16.6. The van der Waals surface area contributed by atoms with E-state index in [1.165, 1.54) is 17.8 Å². The number of anilines is 2.